The first kappa shape index (κ1) is 12.4. The molecule has 0 saturated carbocycles. The number of nitrogens with zero attached hydrogens (tertiary/aromatic N) is 1. The van der Waals surface area contributed by atoms with Crippen molar-refractivity contribution >= 4 is 5.91 Å². The Balaban J connectivity index is 2.06. The molecule has 0 aliphatic heterocycles. The zero-order valence-electron chi connectivity index (χ0n) is 10.3. The van der Waals surface area contributed by atoms with Crippen LogP contribution in [0.1, 0.15) is 21.5 Å². The third-order valence-corrected chi connectivity index (χ3v) is 2.76. The lowest BCUT2D eigenvalue weighted by Crippen LogP contribution is -2.25. The number of nitrogens with two attached hydrogens (primary N) is 1. The maximum absolute atomic E-state index is 12.0. The van der Waals surface area contributed by atoms with Crippen LogP contribution >= 0.6 is 0 Å². The molecular weight excluding hydrogens is 228 g/mol. The highest BCUT2D eigenvalue weighted by Crippen LogP contribution is 2.10. The van der Waals surface area contributed by atoms with E-state index in [2.05, 4.69) is 0 Å². The molecule has 2 rings (SSSR count). The predicted molar refractivity (Wildman–Crippen MR) is 68.8 cm³/mol. The Labute approximate surface area is 106 Å². The molecule has 2 N–H and O–H groups in total. The summed E-state index contributed by atoms with van der Waals surface area (Å²) in [7, 11) is 1.77. The van der Waals surface area contributed by atoms with Gasteiger partial charge in [0.1, 0.15) is 6.26 Å². The maximum atomic E-state index is 12.0. The monoisotopic (exact) mass is 244 g/mol. The van der Waals surface area contributed by atoms with Gasteiger partial charge in [0, 0.05) is 20.1 Å². The van der Waals surface area contributed by atoms with Crippen molar-refractivity contribution in [2.24, 2.45) is 5.73 Å². The van der Waals surface area contributed by atoms with Crippen LogP contribution in [0.3, 0.4) is 0 Å². The zero-order chi connectivity index (χ0) is 13.0. The van der Waals surface area contributed by atoms with Crippen LogP contribution < -0.4 is 5.73 Å². The van der Waals surface area contributed by atoms with Gasteiger partial charge in [-0.05, 0) is 17.2 Å². The topological polar surface area (TPSA) is 59.5 Å². The molecule has 0 bridgehead atoms. The highest BCUT2D eigenvalue weighted by Gasteiger charge is 2.12. The average molecular weight is 244 g/mol. The second-order valence-corrected chi connectivity index (χ2v) is 4.20. The van der Waals surface area contributed by atoms with E-state index >= 15 is 0 Å². The Morgan fingerprint density at radius 2 is 2.11 bits per heavy atom. The third kappa shape index (κ3) is 2.78. The number of rotatable bonds is 4. The zero-order valence-corrected chi connectivity index (χ0v) is 10.3. The summed E-state index contributed by atoms with van der Waals surface area (Å²) in [5.74, 6) is -0.0538. The second kappa shape index (κ2) is 5.51. The Kier molecular flexibility index (Phi) is 3.79. The summed E-state index contributed by atoms with van der Waals surface area (Å²) in [4.78, 5) is 13.7. The van der Waals surface area contributed by atoms with Gasteiger partial charge < -0.3 is 15.1 Å². The molecule has 4 heteroatoms. The fraction of sp³-hybridized carbons (Fsp3) is 0.214. The van der Waals surface area contributed by atoms with E-state index in [0.29, 0.717) is 18.7 Å². The van der Waals surface area contributed by atoms with E-state index in [4.69, 9.17) is 10.2 Å². The van der Waals surface area contributed by atoms with Crippen LogP contribution in [0.15, 0.2) is 47.3 Å². The van der Waals surface area contributed by atoms with Crippen molar-refractivity contribution in [3.8, 4) is 0 Å². The van der Waals surface area contributed by atoms with Crippen molar-refractivity contribution < 1.29 is 9.21 Å². The minimum Gasteiger partial charge on any atom is -0.472 e. The quantitative estimate of drug-likeness (QED) is 0.895. The molecular formula is C14H16N2O2. The number of hydrogen-bond donors (Lipinski definition) is 1. The van der Waals surface area contributed by atoms with Gasteiger partial charge in [0.05, 0.1) is 11.8 Å². The highest BCUT2D eigenvalue weighted by molar-refractivity contribution is 5.93. The van der Waals surface area contributed by atoms with Gasteiger partial charge >= 0.3 is 0 Å². The van der Waals surface area contributed by atoms with Gasteiger partial charge in [0.15, 0.2) is 0 Å². The summed E-state index contributed by atoms with van der Waals surface area (Å²) in [6.07, 6.45) is 2.95. The molecule has 1 heterocycles. The van der Waals surface area contributed by atoms with Gasteiger partial charge in [-0.1, -0.05) is 24.3 Å². The van der Waals surface area contributed by atoms with Crippen LogP contribution in [-0.4, -0.2) is 17.9 Å². The lowest BCUT2D eigenvalue weighted by Gasteiger charge is -2.16. The van der Waals surface area contributed by atoms with Crippen molar-refractivity contribution in [1.82, 2.24) is 4.90 Å². The van der Waals surface area contributed by atoms with E-state index < -0.39 is 0 Å². The molecule has 0 saturated heterocycles. The highest BCUT2D eigenvalue weighted by atomic mass is 16.3. The predicted octanol–water partition coefficient (Wildman–Crippen LogP) is 2.01. The lowest BCUT2D eigenvalue weighted by atomic mass is 10.1. The maximum Gasteiger partial charge on any atom is 0.257 e. The number of hydrogen-bond acceptors (Lipinski definition) is 3. The molecule has 0 spiro atoms. The lowest BCUT2D eigenvalue weighted by molar-refractivity contribution is 0.0784. The van der Waals surface area contributed by atoms with Gasteiger partial charge in [-0.25, -0.2) is 0 Å². The van der Waals surface area contributed by atoms with Crippen LogP contribution in [0.5, 0.6) is 0 Å². The minimum absolute atomic E-state index is 0.0538. The second-order valence-electron chi connectivity index (χ2n) is 4.20. The van der Waals surface area contributed by atoms with Crippen molar-refractivity contribution in [3.63, 3.8) is 0 Å². The largest absolute Gasteiger partial charge is 0.472 e. The first-order chi connectivity index (χ1) is 8.70. The van der Waals surface area contributed by atoms with Gasteiger partial charge in [0.25, 0.3) is 5.91 Å². The fourth-order valence-electron chi connectivity index (χ4n) is 1.81. The van der Waals surface area contributed by atoms with E-state index in [-0.39, 0.29) is 5.91 Å². The summed E-state index contributed by atoms with van der Waals surface area (Å²) >= 11 is 0. The van der Waals surface area contributed by atoms with Crippen molar-refractivity contribution in [2.45, 2.75) is 13.1 Å². The van der Waals surface area contributed by atoms with Crippen molar-refractivity contribution in [1.29, 1.82) is 0 Å². The molecule has 1 aromatic carbocycles. The molecule has 1 amide bonds. The standard InChI is InChI=1S/C14H16N2O2/c1-16(14(17)13-5-6-18-10-13)9-12-4-2-3-11(7-12)8-15/h2-7,10H,8-9,15H2,1H3. The van der Waals surface area contributed by atoms with Gasteiger partial charge in [-0.3, -0.25) is 4.79 Å². The van der Waals surface area contributed by atoms with Crippen molar-refractivity contribution in [2.75, 3.05) is 7.05 Å². The fourth-order valence-corrected chi connectivity index (χ4v) is 1.81. The van der Waals surface area contributed by atoms with Gasteiger partial charge in [0.2, 0.25) is 0 Å². The minimum atomic E-state index is -0.0538. The van der Waals surface area contributed by atoms with Crippen LogP contribution in [0, 0.1) is 0 Å². The van der Waals surface area contributed by atoms with Crippen molar-refractivity contribution in [3.05, 3.63) is 59.5 Å². The molecule has 0 aliphatic carbocycles. The third-order valence-electron chi connectivity index (χ3n) is 2.76. The molecule has 1 aromatic heterocycles. The normalized spacial score (nSPS) is 10.3. The Morgan fingerprint density at radius 1 is 1.33 bits per heavy atom. The molecule has 0 unspecified atom stereocenters. The SMILES string of the molecule is CN(Cc1cccc(CN)c1)C(=O)c1ccoc1. The van der Waals surface area contributed by atoms with E-state index in [1.54, 1.807) is 18.0 Å². The van der Waals surface area contributed by atoms with E-state index in [1.165, 1.54) is 12.5 Å². The Bertz CT molecular complexity index is 520. The van der Waals surface area contributed by atoms with Gasteiger partial charge in [-0.15, -0.1) is 0 Å². The first-order valence-corrected chi connectivity index (χ1v) is 5.76. The average Bonchev–Trinajstić information content (AvgIpc) is 2.92. The molecule has 0 atom stereocenters. The smallest absolute Gasteiger partial charge is 0.257 e. The first-order valence-electron chi connectivity index (χ1n) is 5.76. The van der Waals surface area contributed by atoms with E-state index in [1.807, 2.05) is 24.3 Å². The van der Waals surface area contributed by atoms with Crippen LogP contribution in [0.4, 0.5) is 0 Å². The van der Waals surface area contributed by atoms with E-state index in [0.717, 1.165) is 11.1 Å². The summed E-state index contributed by atoms with van der Waals surface area (Å²) in [6.45, 7) is 1.06. The molecule has 0 radical (unpaired) electrons. The van der Waals surface area contributed by atoms with Crippen LogP contribution in [-0.2, 0) is 13.1 Å². The number of carbonyl (C=O) groups excluding carboxylic acids is 1. The molecule has 2 aromatic rings. The molecule has 4 nitrogen and oxygen atoms in total. The molecule has 0 aliphatic rings. The molecule has 18 heavy (non-hydrogen) atoms. The summed E-state index contributed by atoms with van der Waals surface area (Å²) in [5.41, 5.74) is 8.29. The summed E-state index contributed by atoms with van der Waals surface area (Å²) in [5, 5.41) is 0. The van der Waals surface area contributed by atoms with Crippen LogP contribution in [0.2, 0.25) is 0 Å². The number of furan rings is 1. The Hall–Kier alpha value is -2.07. The summed E-state index contributed by atoms with van der Waals surface area (Å²) < 4.78 is 4.91. The number of benzene rings is 1. The molecule has 0 fully saturated rings. The Morgan fingerprint density at radius 3 is 2.78 bits per heavy atom. The number of amides is 1. The number of carbonyl (C=O) groups is 1. The van der Waals surface area contributed by atoms with Crippen LogP contribution in [0.25, 0.3) is 0 Å². The summed E-state index contributed by atoms with van der Waals surface area (Å²) in [6, 6.07) is 9.59. The van der Waals surface area contributed by atoms with E-state index in [9.17, 15) is 4.79 Å². The van der Waals surface area contributed by atoms with Gasteiger partial charge in [-0.2, -0.15) is 0 Å². The molecule has 94 valence electrons.